The van der Waals surface area contributed by atoms with Gasteiger partial charge in [0.2, 0.25) is 0 Å². The molecule has 2 aromatic rings. The van der Waals surface area contributed by atoms with Crippen molar-refractivity contribution in [2.45, 2.75) is 37.0 Å². The zero-order valence-electron chi connectivity index (χ0n) is 17.4. The highest BCUT2D eigenvalue weighted by Crippen LogP contribution is 2.55. The predicted molar refractivity (Wildman–Crippen MR) is 120 cm³/mol. The molecule has 0 spiro atoms. The number of benzene rings is 1. The normalized spacial score (nSPS) is 18.6. The van der Waals surface area contributed by atoms with Gasteiger partial charge in [-0.1, -0.05) is 0 Å². The summed E-state index contributed by atoms with van der Waals surface area (Å²) in [5.41, 5.74) is 2.37. The molecule has 2 fully saturated rings. The molecule has 2 N–H and O–H groups in total. The van der Waals surface area contributed by atoms with Crippen LogP contribution in [0.3, 0.4) is 0 Å². The van der Waals surface area contributed by atoms with Crippen LogP contribution in [0.15, 0.2) is 30.3 Å². The topological polar surface area (TPSA) is 70.5 Å². The van der Waals surface area contributed by atoms with Gasteiger partial charge in [-0.2, -0.15) is 11.8 Å². The lowest BCUT2D eigenvalue weighted by Crippen LogP contribution is -2.37. The van der Waals surface area contributed by atoms with Gasteiger partial charge >= 0.3 is 0 Å². The molecule has 1 aliphatic carbocycles. The van der Waals surface area contributed by atoms with E-state index in [1.165, 1.54) is 12.8 Å². The minimum atomic E-state index is -0.750. The number of hydrogen-bond acceptors (Lipinski definition) is 7. The molecule has 6 nitrogen and oxygen atoms in total. The Morgan fingerprint density at radius 3 is 2.45 bits per heavy atom. The second-order valence-electron chi connectivity index (χ2n) is 8.48. The highest BCUT2D eigenvalue weighted by molar-refractivity contribution is 7.99. The largest absolute Gasteiger partial charge is 0.389 e. The SMILES string of the molecule is CSC1(c2cc(N3CCOCC3)nc(-c3ccc(NCC(C)(C)O)cc3)n2)CC1. The number of thioether (sulfide) groups is 1. The molecule has 1 aliphatic heterocycles. The predicted octanol–water partition coefficient (Wildman–Crippen LogP) is 3.52. The van der Waals surface area contributed by atoms with Crippen LogP contribution in [0.2, 0.25) is 0 Å². The van der Waals surface area contributed by atoms with Gasteiger partial charge < -0.3 is 20.1 Å². The van der Waals surface area contributed by atoms with Gasteiger partial charge in [-0.15, -0.1) is 0 Å². The van der Waals surface area contributed by atoms with Crippen molar-refractivity contribution in [1.29, 1.82) is 0 Å². The molecule has 0 bridgehead atoms. The Morgan fingerprint density at radius 2 is 1.86 bits per heavy atom. The quantitative estimate of drug-likeness (QED) is 0.718. The van der Waals surface area contributed by atoms with E-state index in [1.54, 1.807) is 13.8 Å². The fraction of sp³-hybridized carbons (Fsp3) is 0.545. The first-order valence-electron chi connectivity index (χ1n) is 10.2. The van der Waals surface area contributed by atoms with Gasteiger partial charge in [0.05, 0.1) is 29.3 Å². The van der Waals surface area contributed by atoms with Crippen LogP contribution in [-0.4, -0.2) is 59.8 Å². The molecule has 7 heteroatoms. The van der Waals surface area contributed by atoms with E-state index in [-0.39, 0.29) is 4.75 Å². The summed E-state index contributed by atoms with van der Waals surface area (Å²) in [4.78, 5) is 12.2. The van der Waals surface area contributed by atoms with E-state index in [0.717, 1.165) is 54.9 Å². The molecule has 0 unspecified atom stereocenters. The maximum absolute atomic E-state index is 9.90. The van der Waals surface area contributed by atoms with Gasteiger partial charge in [0.1, 0.15) is 5.82 Å². The number of rotatable bonds is 7. The average Bonchev–Trinajstić information content (AvgIpc) is 3.54. The maximum atomic E-state index is 9.90. The number of nitrogens with zero attached hydrogens (tertiary/aromatic N) is 3. The van der Waals surface area contributed by atoms with Gasteiger partial charge in [-0.25, -0.2) is 9.97 Å². The van der Waals surface area contributed by atoms with Crippen LogP contribution in [-0.2, 0) is 9.48 Å². The minimum absolute atomic E-state index is 0.146. The Kier molecular flexibility index (Phi) is 5.73. The molecule has 156 valence electrons. The van der Waals surface area contributed by atoms with Crippen molar-refractivity contribution in [2.75, 3.05) is 49.3 Å². The second-order valence-corrected chi connectivity index (χ2v) is 9.67. The number of morpholine rings is 1. The van der Waals surface area contributed by atoms with Crippen LogP contribution in [0.25, 0.3) is 11.4 Å². The molecular formula is C22H30N4O2S. The lowest BCUT2D eigenvalue weighted by Gasteiger charge is -2.29. The van der Waals surface area contributed by atoms with Gasteiger partial charge in [0, 0.05) is 37.0 Å². The number of hydrogen-bond donors (Lipinski definition) is 2. The third-order valence-corrected chi connectivity index (χ3v) is 6.88. The molecule has 4 rings (SSSR count). The van der Waals surface area contributed by atoms with Gasteiger partial charge in [0.25, 0.3) is 0 Å². The first-order chi connectivity index (χ1) is 13.9. The summed E-state index contributed by atoms with van der Waals surface area (Å²) in [5.74, 6) is 1.77. The molecule has 1 aromatic carbocycles. The van der Waals surface area contributed by atoms with Crippen LogP contribution >= 0.6 is 11.8 Å². The van der Waals surface area contributed by atoms with E-state index in [9.17, 15) is 5.11 Å². The standard InChI is InChI=1S/C22H30N4O2S/c1-21(2,27)15-23-17-6-4-16(5-7-17)20-24-18(22(29-3)8-9-22)14-19(25-20)26-10-12-28-13-11-26/h4-7,14,23,27H,8-13,15H2,1-3H3. The first-order valence-corrected chi connectivity index (χ1v) is 11.5. The Bertz CT molecular complexity index is 841. The Hall–Kier alpha value is -1.83. The minimum Gasteiger partial charge on any atom is -0.389 e. The smallest absolute Gasteiger partial charge is 0.161 e. The monoisotopic (exact) mass is 414 g/mol. The molecule has 2 aliphatic rings. The van der Waals surface area contributed by atoms with Gasteiger partial charge in [-0.05, 0) is 57.2 Å². The highest BCUT2D eigenvalue weighted by atomic mass is 32.2. The number of ether oxygens (including phenoxy) is 1. The average molecular weight is 415 g/mol. The molecule has 1 saturated carbocycles. The van der Waals surface area contributed by atoms with Crippen LogP contribution < -0.4 is 10.2 Å². The van der Waals surface area contributed by atoms with Crippen molar-refractivity contribution in [3.63, 3.8) is 0 Å². The van der Waals surface area contributed by atoms with Crippen molar-refractivity contribution in [1.82, 2.24) is 9.97 Å². The third kappa shape index (κ3) is 4.85. The van der Waals surface area contributed by atoms with Crippen LogP contribution in [0, 0.1) is 0 Å². The third-order valence-electron chi connectivity index (χ3n) is 5.48. The van der Waals surface area contributed by atoms with Crippen molar-refractivity contribution < 1.29 is 9.84 Å². The molecule has 2 heterocycles. The summed E-state index contributed by atoms with van der Waals surface area (Å²) in [7, 11) is 0. The Balaban J connectivity index is 1.62. The number of aliphatic hydroxyl groups is 1. The molecule has 0 atom stereocenters. The van der Waals surface area contributed by atoms with Crippen molar-refractivity contribution in [2.24, 2.45) is 0 Å². The van der Waals surface area contributed by atoms with Crippen molar-refractivity contribution >= 4 is 23.3 Å². The second kappa shape index (κ2) is 8.13. The zero-order chi connectivity index (χ0) is 20.5. The number of anilines is 2. The van der Waals surface area contributed by atoms with Gasteiger partial charge in [-0.3, -0.25) is 0 Å². The Morgan fingerprint density at radius 1 is 1.17 bits per heavy atom. The molecule has 0 amide bonds. The summed E-state index contributed by atoms with van der Waals surface area (Å²) < 4.78 is 5.66. The summed E-state index contributed by atoms with van der Waals surface area (Å²) in [6.45, 7) is 7.29. The van der Waals surface area contributed by atoms with E-state index < -0.39 is 5.60 Å². The van der Waals surface area contributed by atoms with Crippen molar-refractivity contribution in [3.8, 4) is 11.4 Å². The van der Waals surface area contributed by atoms with E-state index >= 15 is 0 Å². The fourth-order valence-electron chi connectivity index (χ4n) is 3.49. The number of nitrogens with one attached hydrogen (secondary N) is 1. The lowest BCUT2D eigenvalue weighted by molar-refractivity contribution is 0.0945. The maximum Gasteiger partial charge on any atom is 0.161 e. The van der Waals surface area contributed by atoms with E-state index in [1.807, 2.05) is 36.0 Å². The molecule has 0 radical (unpaired) electrons. The molecule has 1 saturated heterocycles. The molecular weight excluding hydrogens is 384 g/mol. The summed E-state index contributed by atoms with van der Waals surface area (Å²) in [5, 5.41) is 13.2. The van der Waals surface area contributed by atoms with E-state index in [0.29, 0.717) is 6.54 Å². The summed E-state index contributed by atoms with van der Waals surface area (Å²) in [6, 6.07) is 10.3. The van der Waals surface area contributed by atoms with Crippen molar-refractivity contribution in [3.05, 3.63) is 36.0 Å². The summed E-state index contributed by atoms with van der Waals surface area (Å²) >= 11 is 1.89. The van der Waals surface area contributed by atoms with Crippen LogP contribution in [0.5, 0.6) is 0 Å². The molecule has 1 aromatic heterocycles. The Labute approximate surface area is 177 Å². The molecule has 29 heavy (non-hydrogen) atoms. The summed E-state index contributed by atoms with van der Waals surface area (Å²) in [6.07, 6.45) is 4.52. The lowest BCUT2D eigenvalue weighted by atomic mass is 10.1. The first kappa shape index (κ1) is 20.4. The zero-order valence-corrected chi connectivity index (χ0v) is 18.3. The van der Waals surface area contributed by atoms with Crippen LogP contribution in [0.4, 0.5) is 11.5 Å². The number of aromatic nitrogens is 2. The van der Waals surface area contributed by atoms with E-state index in [2.05, 4.69) is 22.5 Å². The van der Waals surface area contributed by atoms with Crippen LogP contribution in [0.1, 0.15) is 32.4 Å². The highest BCUT2D eigenvalue weighted by Gasteiger charge is 2.45. The van der Waals surface area contributed by atoms with Gasteiger partial charge in [0.15, 0.2) is 5.82 Å². The fourth-order valence-corrected chi connectivity index (χ4v) is 4.31. The van der Waals surface area contributed by atoms with E-state index in [4.69, 9.17) is 14.7 Å².